The summed E-state index contributed by atoms with van der Waals surface area (Å²) in [4.78, 5) is 12.3. The van der Waals surface area contributed by atoms with Crippen LogP contribution in [0.25, 0.3) is 0 Å². The lowest BCUT2D eigenvalue weighted by Crippen LogP contribution is -2.56. The standard InChI is InChI=1S/C16H29NO2/c1-3-19-15(18)16(2,12-13-8-7-9-13)17-14-10-5-4-6-11-14/h13-14,17H,3-12H2,1-2H3. The highest BCUT2D eigenvalue weighted by Crippen LogP contribution is 2.35. The Bertz CT molecular complexity index is 295. The van der Waals surface area contributed by atoms with Crippen LogP contribution in [0.15, 0.2) is 0 Å². The first kappa shape index (κ1) is 14.8. The van der Waals surface area contributed by atoms with Crippen LogP contribution in [0.2, 0.25) is 0 Å². The van der Waals surface area contributed by atoms with Gasteiger partial charge in [-0.05, 0) is 39.0 Å². The summed E-state index contributed by atoms with van der Waals surface area (Å²) >= 11 is 0. The molecule has 2 fully saturated rings. The number of carbonyl (C=O) groups excluding carboxylic acids is 1. The zero-order chi connectivity index (χ0) is 13.7. The molecular weight excluding hydrogens is 238 g/mol. The predicted octanol–water partition coefficient (Wildman–Crippen LogP) is 3.42. The average molecular weight is 267 g/mol. The molecule has 2 aliphatic carbocycles. The molecule has 19 heavy (non-hydrogen) atoms. The zero-order valence-corrected chi connectivity index (χ0v) is 12.5. The van der Waals surface area contributed by atoms with E-state index in [0.29, 0.717) is 18.6 Å². The Morgan fingerprint density at radius 2 is 1.84 bits per heavy atom. The number of carbonyl (C=O) groups is 1. The molecule has 1 N–H and O–H groups in total. The quantitative estimate of drug-likeness (QED) is 0.749. The van der Waals surface area contributed by atoms with Crippen molar-refractivity contribution in [1.29, 1.82) is 0 Å². The maximum Gasteiger partial charge on any atom is 0.326 e. The number of ether oxygens (including phenoxy) is 1. The monoisotopic (exact) mass is 267 g/mol. The van der Waals surface area contributed by atoms with Crippen LogP contribution in [-0.2, 0) is 9.53 Å². The number of rotatable bonds is 6. The molecule has 0 aromatic carbocycles. The van der Waals surface area contributed by atoms with Gasteiger partial charge in [0.15, 0.2) is 0 Å². The fourth-order valence-corrected chi connectivity index (χ4v) is 3.46. The minimum atomic E-state index is -0.469. The first-order valence-electron chi connectivity index (χ1n) is 8.09. The van der Waals surface area contributed by atoms with E-state index in [9.17, 15) is 4.79 Å². The molecule has 1 atom stereocenters. The lowest BCUT2D eigenvalue weighted by Gasteiger charge is -2.39. The zero-order valence-electron chi connectivity index (χ0n) is 12.5. The second kappa shape index (κ2) is 6.74. The van der Waals surface area contributed by atoms with E-state index >= 15 is 0 Å². The van der Waals surface area contributed by atoms with E-state index in [-0.39, 0.29) is 5.97 Å². The average Bonchev–Trinajstić information content (AvgIpc) is 2.35. The molecule has 2 aliphatic rings. The lowest BCUT2D eigenvalue weighted by molar-refractivity contribution is -0.152. The molecule has 0 aromatic rings. The van der Waals surface area contributed by atoms with Crippen molar-refractivity contribution in [2.75, 3.05) is 6.61 Å². The van der Waals surface area contributed by atoms with Crippen LogP contribution in [0.3, 0.4) is 0 Å². The summed E-state index contributed by atoms with van der Waals surface area (Å²) in [6.07, 6.45) is 11.2. The topological polar surface area (TPSA) is 38.3 Å². The van der Waals surface area contributed by atoms with E-state index in [1.807, 2.05) is 6.92 Å². The molecule has 0 aromatic heterocycles. The Hall–Kier alpha value is -0.570. The summed E-state index contributed by atoms with van der Waals surface area (Å²) in [5.41, 5.74) is -0.469. The molecule has 2 saturated carbocycles. The third-order valence-corrected chi connectivity index (χ3v) is 4.78. The highest BCUT2D eigenvalue weighted by atomic mass is 16.5. The number of esters is 1. The lowest BCUT2D eigenvalue weighted by atomic mass is 9.76. The number of nitrogens with one attached hydrogen (secondary N) is 1. The highest BCUT2D eigenvalue weighted by molar-refractivity contribution is 5.80. The van der Waals surface area contributed by atoms with Gasteiger partial charge in [0.05, 0.1) is 6.61 Å². The van der Waals surface area contributed by atoms with Crippen molar-refractivity contribution in [2.45, 2.75) is 83.2 Å². The largest absolute Gasteiger partial charge is 0.465 e. The SMILES string of the molecule is CCOC(=O)C(C)(CC1CCC1)NC1CCCCC1. The first-order chi connectivity index (χ1) is 9.14. The maximum absolute atomic E-state index is 12.3. The second-order valence-corrected chi connectivity index (χ2v) is 6.53. The van der Waals surface area contributed by atoms with Crippen molar-refractivity contribution in [1.82, 2.24) is 5.32 Å². The van der Waals surface area contributed by atoms with Gasteiger partial charge >= 0.3 is 5.97 Å². The van der Waals surface area contributed by atoms with Gasteiger partial charge in [-0.3, -0.25) is 10.1 Å². The first-order valence-corrected chi connectivity index (χ1v) is 8.09. The Kier molecular flexibility index (Phi) is 5.26. The van der Waals surface area contributed by atoms with Crippen molar-refractivity contribution in [3.63, 3.8) is 0 Å². The van der Waals surface area contributed by atoms with Gasteiger partial charge in [-0.25, -0.2) is 0 Å². The highest BCUT2D eigenvalue weighted by Gasteiger charge is 2.40. The van der Waals surface area contributed by atoms with Crippen LogP contribution in [0.4, 0.5) is 0 Å². The Morgan fingerprint density at radius 3 is 2.37 bits per heavy atom. The van der Waals surface area contributed by atoms with E-state index in [2.05, 4.69) is 12.2 Å². The number of hydrogen-bond acceptors (Lipinski definition) is 3. The van der Waals surface area contributed by atoms with Gasteiger partial charge in [-0.1, -0.05) is 38.5 Å². The van der Waals surface area contributed by atoms with Crippen molar-refractivity contribution >= 4 is 5.97 Å². The van der Waals surface area contributed by atoms with Gasteiger partial charge < -0.3 is 4.74 Å². The maximum atomic E-state index is 12.3. The Labute approximate surface area is 117 Å². The molecule has 0 aliphatic heterocycles. The normalized spacial score (nSPS) is 24.5. The molecule has 2 rings (SSSR count). The van der Waals surface area contributed by atoms with Crippen LogP contribution in [0.1, 0.15) is 71.6 Å². The summed E-state index contributed by atoms with van der Waals surface area (Å²) in [5, 5.41) is 3.64. The third kappa shape index (κ3) is 3.95. The molecule has 0 bridgehead atoms. The van der Waals surface area contributed by atoms with Gasteiger partial charge in [0.25, 0.3) is 0 Å². The summed E-state index contributed by atoms with van der Waals surface area (Å²) in [6.45, 7) is 4.42. The van der Waals surface area contributed by atoms with Crippen molar-refractivity contribution in [3.05, 3.63) is 0 Å². The summed E-state index contributed by atoms with van der Waals surface area (Å²) < 4.78 is 5.32. The minimum absolute atomic E-state index is 0.0486. The summed E-state index contributed by atoms with van der Waals surface area (Å²) in [5.74, 6) is 0.665. The van der Waals surface area contributed by atoms with Gasteiger partial charge in [-0.2, -0.15) is 0 Å². The smallest absolute Gasteiger partial charge is 0.326 e. The van der Waals surface area contributed by atoms with Gasteiger partial charge in [0, 0.05) is 6.04 Å². The van der Waals surface area contributed by atoms with Crippen LogP contribution >= 0.6 is 0 Å². The van der Waals surface area contributed by atoms with Crippen molar-refractivity contribution < 1.29 is 9.53 Å². The molecule has 3 nitrogen and oxygen atoms in total. The molecule has 0 heterocycles. The van der Waals surface area contributed by atoms with Gasteiger partial charge in [0.2, 0.25) is 0 Å². The van der Waals surface area contributed by atoms with Crippen LogP contribution < -0.4 is 5.32 Å². The molecule has 0 saturated heterocycles. The molecule has 0 spiro atoms. The van der Waals surface area contributed by atoms with Gasteiger partial charge in [-0.15, -0.1) is 0 Å². The van der Waals surface area contributed by atoms with Gasteiger partial charge in [0.1, 0.15) is 5.54 Å². The fraction of sp³-hybridized carbons (Fsp3) is 0.938. The minimum Gasteiger partial charge on any atom is -0.465 e. The van der Waals surface area contributed by atoms with E-state index in [1.165, 1.54) is 51.4 Å². The second-order valence-electron chi connectivity index (χ2n) is 6.53. The molecule has 1 unspecified atom stereocenters. The predicted molar refractivity (Wildman–Crippen MR) is 77.0 cm³/mol. The molecule has 0 radical (unpaired) electrons. The van der Waals surface area contributed by atoms with E-state index in [1.54, 1.807) is 0 Å². The summed E-state index contributed by atoms with van der Waals surface area (Å²) in [6, 6.07) is 0.503. The summed E-state index contributed by atoms with van der Waals surface area (Å²) in [7, 11) is 0. The van der Waals surface area contributed by atoms with Crippen molar-refractivity contribution in [3.8, 4) is 0 Å². The van der Waals surface area contributed by atoms with E-state index < -0.39 is 5.54 Å². The van der Waals surface area contributed by atoms with Crippen LogP contribution in [0, 0.1) is 5.92 Å². The fourth-order valence-electron chi connectivity index (χ4n) is 3.46. The molecule has 3 heteroatoms. The Morgan fingerprint density at radius 1 is 1.16 bits per heavy atom. The third-order valence-electron chi connectivity index (χ3n) is 4.78. The number of hydrogen-bond donors (Lipinski definition) is 1. The van der Waals surface area contributed by atoms with Crippen LogP contribution in [-0.4, -0.2) is 24.2 Å². The molecular formula is C16H29NO2. The van der Waals surface area contributed by atoms with Crippen LogP contribution in [0.5, 0.6) is 0 Å². The van der Waals surface area contributed by atoms with Crippen molar-refractivity contribution in [2.24, 2.45) is 5.92 Å². The molecule has 0 amide bonds. The van der Waals surface area contributed by atoms with E-state index in [4.69, 9.17) is 4.74 Å². The Balaban J connectivity index is 1.96. The van der Waals surface area contributed by atoms with E-state index in [0.717, 1.165) is 6.42 Å². The molecule has 110 valence electrons.